The van der Waals surface area contributed by atoms with Crippen LogP contribution in [0.15, 0.2) is 30.3 Å². The standard InChI is InChI=1S/C22H29F3N2O4/c1-13(2)12-21(20(30)31-5,22(23,24)25)26-19(29)18(14(3)4)27-16(11-17(27)28)15-9-7-6-8-10-15/h6-10,13-14,16,18H,11-12H2,1-5H3,(H,26,29). The number of hydrogen-bond donors (Lipinski definition) is 1. The van der Waals surface area contributed by atoms with Crippen LogP contribution in [0.3, 0.4) is 0 Å². The number of nitrogens with zero attached hydrogens (tertiary/aromatic N) is 1. The highest BCUT2D eigenvalue weighted by atomic mass is 19.4. The summed E-state index contributed by atoms with van der Waals surface area (Å²) in [7, 11) is 0.847. The van der Waals surface area contributed by atoms with Gasteiger partial charge >= 0.3 is 12.1 Å². The van der Waals surface area contributed by atoms with E-state index in [4.69, 9.17) is 0 Å². The van der Waals surface area contributed by atoms with Gasteiger partial charge in [0.15, 0.2) is 0 Å². The van der Waals surface area contributed by atoms with Gasteiger partial charge in [0.25, 0.3) is 0 Å². The molecule has 172 valence electrons. The molecule has 1 aliphatic heterocycles. The van der Waals surface area contributed by atoms with Gasteiger partial charge in [-0.3, -0.25) is 9.59 Å². The Morgan fingerprint density at radius 1 is 1.16 bits per heavy atom. The zero-order valence-corrected chi connectivity index (χ0v) is 18.3. The first-order valence-electron chi connectivity index (χ1n) is 10.2. The van der Waals surface area contributed by atoms with Gasteiger partial charge in [0.1, 0.15) is 6.04 Å². The molecule has 3 unspecified atom stereocenters. The van der Waals surface area contributed by atoms with E-state index in [1.165, 1.54) is 18.7 Å². The van der Waals surface area contributed by atoms with E-state index >= 15 is 0 Å². The fourth-order valence-corrected chi connectivity index (χ4v) is 4.04. The highest BCUT2D eigenvalue weighted by Gasteiger charge is 2.63. The van der Waals surface area contributed by atoms with E-state index in [0.29, 0.717) is 0 Å². The molecule has 1 aromatic rings. The van der Waals surface area contributed by atoms with Crippen LogP contribution in [0.4, 0.5) is 13.2 Å². The second-order valence-electron chi connectivity index (χ2n) is 8.60. The van der Waals surface area contributed by atoms with Gasteiger partial charge in [0, 0.05) is 0 Å². The SMILES string of the molecule is COC(=O)C(CC(C)C)(NC(=O)C(C(C)C)N1C(=O)CC1c1ccccc1)C(F)(F)F. The van der Waals surface area contributed by atoms with Crippen molar-refractivity contribution in [1.82, 2.24) is 10.2 Å². The molecule has 2 rings (SSSR count). The molecule has 1 heterocycles. The largest absolute Gasteiger partial charge is 0.467 e. The normalized spacial score (nSPS) is 19.6. The van der Waals surface area contributed by atoms with Gasteiger partial charge in [-0.2, -0.15) is 13.2 Å². The maximum Gasteiger partial charge on any atom is 0.422 e. The number of methoxy groups -OCH3 is 1. The molecule has 3 atom stereocenters. The first-order valence-corrected chi connectivity index (χ1v) is 10.2. The molecule has 1 aromatic carbocycles. The minimum absolute atomic E-state index is 0.161. The molecule has 2 amide bonds. The third-order valence-electron chi connectivity index (χ3n) is 5.44. The van der Waals surface area contributed by atoms with E-state index in [9.17, 15) is 27.6 Å². The van der Waals surface area contributed by atoms with Crippen molar-refractivity contribution < 1.29 is 32.3 Å². The summed E-state index contributed by atoms with van der Waals surface area (Å²) in [5, 5.41) is 1.94. The average molecular weight is 442 g/mol. The summed E-state index contributed by atoms with van der Waals surface area (Å²) in [6, 6.07) is 7.38. The highest BCUT2D eigenvalue weighted by molar-refractivity contribution is 5.95. The molecular formula is C22H29F3N2O4. The van der Waals surface area contributed by atoms with Crippen LogP contribution in [0.2, 0.25) is 0 Å². The number of amides is 2. The summed E-state index contributed by atoms with van der Waals surface area (Å²) < 4.78 is 46.8. The minimum Gasteiger partial charge on any atom is -0.467 e. The van der Waals surface area contributed by atoms with Crippen molar-refractivity contribution in [2.45, 2.75) is 64.3 Å². The molecule has 1 aliphatic rings. The van der Waals surface area contributed by atoms with Crippen LogP contribution in [-0.2, 0) is 19.1 Å². The number of benzene rings is 1. The predicted octanol–water partition coefficient (Wildman–Crippen LogP) is 3.62. The number of likely N-dealkylation sites (tertiary alicyclic amines) is 1. The van der Waals surface area contributed by atoms with E-state index in [1.54, 1.807) is 44.2 Å². The number of alkyl halides is 3. The lowest BCUT2D eigenvalue weighted by molar-refractivity contribution is -0.217. The summed E-state index contributed by atoms with van der Waals surface area (Å²) in [5.74, 6) is -4.01. The number of nitrogens with one attached hydrogen (secondary N) is 1. The van der Waals surface area contributed by atoms with Gasteiger partial charge in [-0.05, 0) is 23.8 Å². The topological polar surface area (TPSA) is 75.7 Å². The van der Waals surface area contributed by atoms with E-state index in [-0.39, 0.29) is 12.3 Å². The second-order valence-corrected chi connectivity index (χ2v) is 8.60. The Morgan fingerprint density at radius 3 is 2.16 bits per heavy atom. The van der Waals surface area contributed by atoms with Crippen molar-refractivity contribution in [3.05, 3.63) is 35.9 Å². The number of carbonyl (C=O) groups is 3. The molecule has 9 heteroatoms. The molecule has 0 spiro atoms. The predicted molar refractivity (Wildman–Crippen MR) is 108 cm³/mol. The Balaban J connectivity index is 2.43. The molecular weight excluding hydrogens is 413 g/mol. The lowest BCUT2D eigenvalue weighted by atomic mass is 9.85. The number of halogens is 3. The fraction of sp³-hybridized carbons (Fsp3) is 0.591. The molecule has 0 bridgehead atoms. The summed E-state index contributed by atoms with van der Waals surface area (Å²) >= 11 is 0. The van der Waals surface area contributed by atoms with Gasteiger partial charge in [-0.1, -0.05) is 58.0 Å². The van der Waals surface area contributed by atoms with Crippen molar-refractivity contribution in [2.24, 2.45) is 11.8 Å². The van der Waals surface area contributed by atoms with Crippen LogP contribution >= 0.6 is 0 Å². The van der Waals surface area contributed by atoms with Gasteiger partial charge < -0.3 is 15.0 Å². The zero-order valence-electron chi connectivity index (χ0n) is 18.3. The summed E-state index contributed by atoms with van der Waals surface area (Å²) in [6.45, 7) is 6.32. The van der Waals surface area contributed by atoms with Crippen molar-refractivity contribution >= 4 is 17.8 Å². The maximum atomic E-state index is 14.1. The number of hydrogen-bond acceptors (Lipinski definition) is 4. The summed E-state index contributed by atoms with van der Waals surface area (Å²) in [4.78, 5) is 39.2. The lowest BCUT2D eigenvalue weighted by Crippen LogP contribution is -2.69. The zero-order chi connectivity index (χ0) is 23.6. The van der Waals surface area contributed by atoms with Gasteiger partial charge in [-0.15, -0.1) is 0 Å². The van der Waals surface area contributed by atoms with Crippen molar-refractivity contribution in [3.8, 4) is 0 Å². The average Bonchev–Trinajstić information content (AvgIpc) is 2.67. The number of rotatable bonds is 8. The second kappa shape index (κ2) is 9.28. The molecule has 0 radical (unpaired) electrons. The third-order valence-corrected chi connectivity index (χ3v) is 5.44. The van der Waals surface area contributed by atoms with Crippen LogP contribution < -0.4 is 5.32 Å². The first-order chi connectivity index (χ1) is 14.4. The number of esters is 1. The van der Waals surface area contributed by atoms with E-state index in [1.807, 2.05) is 5.32 Å². The number of β-lactam (4-membered cyclic amide) rings is 1. The van der Waals surface area contributed by atoms with E-state index < -0.39 is 53.9 Å². The van der Waals surface area contributed by atoms with Crippen molar-refractivity contribution in [3.63, 3.8) is 0 Å². The molecule has 1 saturated heterocycles. The van der Waals surface area contributed by atoms with Crippen LogP contribution in [0.25, 0.3) is 0 Å². The molecule has 31 heavy (non-hydrogen) atoms. The van der Waals surface area contributed by atoms with Gasteiger partial charge in [-0.25, -0.2) is 4.79 Å². The summed E-state index contributed by atoms with van der Waals surface area (Å²) in [5.41, 5.74) is -2.41. The number of carbonyl (C=O) groups excluding carboxylic acids is 3. The quantitative estimate of drug-likeness (QED) is 0.493. The monoisotopic (exact) mass is 442 g/mol. The first kappa shape index (κ1) is 24.7. The number of ether oxygens (including phenoxy) is 1. The Bertz CT molecular complexity index is 811. The Labute approximate surface area is 180 Å². The Kier molecular flexibility index (Phi) is 7.39. The van der Waals surface area contributed by atoms with Gasteiger partial charge in [0.2, 0.25) is 17.4 Å². The third kappa shape index (κ3) is 4.85. The molecule has 6 nitrogen and oxygen atoms in total. The highest BCUT2D eigenvalue weighted by Crippen LogP contribution is 2.40. The Morgan fingerprint density at radius 2 is 1.74 bits per heavy atom. The van der Waals surface area contributed by atoms with Crippen LogP contribution in [0, 0.1) is 11.8 Å². The summed E-state index contributed by atoms with van der Waals surface area (Å²) in [6.07, 6.45) is -5.61. The molecule has 0 aliphatic carbocycles. The fourth-order valence-electron chi connectivity index (χ4n) is 4.04. The molecule has 0 aromatic heterocycles. The van der Waals surface area contributed by atoms with E-state index in [0.717, 1.165) is 12.7 Å². The van der Waals surface area contributed by atoms with Crippen LogP contribution in [0.5, 0.6) is 0 Å². The molecule has 1 fully saturated rings. The maximum absolute atomic E-state index is 14.1. The van der Waals surface area contributed by atoms with Crippen LogP contribution in [0.1, 0.15) is 52.1 Å². The van der Waals surface area contributed by atoms with Crippen LogP contribution in [-0.4, -0.2) is 47.6 Å². The molecule has 0 saturated carbocycles. The Hall–Kier alpha value is -2.58. The molecule has 1 N–H and O–H groups in total. The van der Waals surface area contributed by atoms with Crippen molar-refractivity contribution in [2.75, 3.05) is 7.11 Å². The van der Waals surface area contributed by atoms with Gasteiger partial charge in [0.05, 0.1) is 19.6 Å². The van der Waals surface area contributed by atoms with E-state index in [2.05, 4.69) is 4.74 Å². The smallest absolute Gasteiger partial charge is 0.422 e. The van der Waals surface area contributed by atoms with Crippen molar-refractivity contribution in [1.29, 1.82) is 0 Å². The minimum atomic E-state index is -5.08. The lowest BCUT2D eigenvalue weighted by Gasteiger charge is -2.47.